The molecule has 1 aromatic carbocycles. The highest BCUT2D eigenvalue weighted by atomic mass is 35.5. The van der Waals surface area contributed by atoms with Gasteiger partial charge in [-0.1, -0.05) is 12.5 Å². The molecule has 3 saturated heterocycles. The van der Waals surface area contributed by atoms with Gasteiger partial charge in [0.05, 0.1) is 4.90 Å². The predicted molar refractivity (Wildman–Crippen MR) is 111 cm³/mol. The largest absolute Gasteiger partial charge is 0.339 e. The van der Waals surface area contributed by atoms with Crippen molar-refractivity contribution in [1.29, 1.82) is 0 Å². The molecule has 3 heterocycles. The standard InChI is InChI=1S/C20H29N3O3S.ClH/c24-20(22-11-7-17-14-21-15-18(17)8-12-22)16-5-4-6-19(13-16)27(25,26)23-9-2-1-3-10-23;/h4-6,13,17-18,21H,1-3,7-12,14-15H2;1H/t17-,18+;. The van der Waals surface area contributed by atoms with Crippen LogP contribution in [0.5, 0.6) is 0 Å². The Hall–Kier alpha value is -1.15. The molecule has 1 amide bonds. The number of piperidine rings is 1. The van der Waals surface area contributed by atoms with E-state index in [1.165, 1.54) is 0 Å². The summed E-state index contributed by atoms with van der Waals surface area (Å²) in [4.78, 5) is 15.2. The van der Waals surface area contributed by atoms with Crippen LogP contribution >= 0.6 is 12.4 Å². The summed E-state index contributed by atoms with van der Waals surface area (Å²) in [6.45, 7) is 4.76. The highest BCUT2D eigenvalue weighted by Gasteiger charge is 2.32. The Bertz CT molecular complexity index is 782. The van der Waals surface area contributed by atoms with Crippen LogP contribution in [0.4, 0.5) is 0 Å². The normalized spacial score (nSPS) is 26.2. The van der Waals surface area contributed by atoms with E-state index in [4.69, 9.17) is 0 Å². The number of carbonyl (C=O) groups is 1. The van der Waals surface area contributed by atoms with E-state index in [-0.39, 0.29) is 23.2 Å². The number of sulfonamides is 1. The van der Waals surface area contributed by atoms with Crippen molar-refractivity contribution in [2.75, 3.05) is 39.3 Å². The molecule has 156 valence electrons. The summed E-state index contributed by atoms with van der Waals surface area (Å²) in [5.41, 5.74) is 0.485. The van der Waals surface area contributed by atoms with E-state index in [9.17, 15) is 13.2 Å². The number of nitrogens with one attached hydrogen (secondary N) is 1. The highest BCUT2D eigenvalue weighted by molar-refractivity contribution is 7.89. The summed E-state index contributed by atoms with van der Waals surface area (Å²) in [6, 6.07) is 6.62. The van der Waals surface area contributed by atoms with E-state index < -0.39 is 10.0 Å². The number of nitrogens with zero attached hydrogens (tertiary/aromatic N) is 2. The average Bonchev–Trinajstić information content (AvgIpc) is 3.06. The van der Waals surface area contributed by atoms with Crippen molar-refractivity contribution >= 4 is 28.3 Å². The van der Waals surface area contributed by atoms with Crippen LogP contribution in [0.2, 0.25) is 0 Å². The van der Waals surface area contributed by atoms with Gasteiger partial charge in [0, 0.05) is 31.7 Å². The van der Waals surface area contributed by atoms with E-state index in [1.807, 2.05) is 4.90 Å². The van der Waals surface area contributed by atoms with Crippen LogP contribution in [-0.2, 0) is 10.0 Å². The second kappa shape index (κ2) is 9.11. The molecular weight excluding hydrogens is 398 g/mol. The van der Waals surface area contributed by atoms with Gasteiger partial charge in [0.15, 0.2) is 0 Å². The van der Waals surface area contributed by atoms with E-state index in [0.29, 0.717) is 30.5 Å². The molecule has 0 aliphatic carbocycles. The quantitative estimate of drug-likeness (QED) is 0.803. The molecule has 0 radical (unpaired) electrons. The van der Waals surface area contributed by atoms with Crippen molar-refractivity contribution in [3.63, 3.8) is 0 Å². The van der Waals surface area contributed by atoms with Gasteiger partial charge in [-0.2, -0.15) is 4.31 Å². The van der Waals surface area contributed by atoms with Gasteiger partial charge >= 0.3 is 0 Å². The fraction of sp³-hybridized carbons (Fsp3) is 0.650. The van der Waals surface area contributed by atoms with Crippen LogP contribution < -0.4 is 5.32 Å². The van der Waals surface area contributed by atoms with Crippen LogP contribution in [0.1, 0.15) is 42.5 Å². The third kappa shape index (κ3) is 4.37. The molecule has 0 unspecified atom stereocenters. The van der Waals surface area contributed by atoms with Gasteiger partial charge < -0.3 is 10.2 Å². The molecule has 28 heavy (non-hydrogen) atoms. The molecule has 4 rings (SSSR count). The number of fused-ring (bicyclic) bond motifs is 1. The molecule has 3 aliphatic heterocycles. The molecule has 0 spiro atoms. The second-order valence-electron chi connectivity index (χ2n) is 8.04. The van der Waals surface area contributed by atoms with Crippen molar-refractivity contribution in [2.24, 2.45) is 11.8 Å². The zero-order valence-corrected chi connectivity index (χ0v) is 17.8. The number of likely N-dealkylation sites (tertiary alicyclic amines) is 1. The molecule has 1 N–H and O–H groups in total. The van der Waals surface area contributed by atoms with Crippen molar-refractivity contribution in [1.82, 2.24) is 14.5 Å². The number of hydrogen-bond donors (Lipinski definition) is 1. The predicted octanol–water partition coefficient (Wildman–Crippen LogP) is 2.35. The first kappa shape index (κ1) is 21.6. The molecule has 6 nitrogen and oxygen atoms in total. The Morgan fingerprint density at radius 3 is 2.25 bits per heavy atom. The monoisotopic (exact) mass is 427 g/mol. The Balaban J connectivity index is 0.00000225. The minimum atomic E-state index is -3.51. The lowest BCUT2D eigenvalue weighted by Gasteiger charge is -2.26. The smallest absolute Gasteiger partial charge is 0.253 e. The lowest BCUT2D eigenvalue weighted by molar-refractivity contribution is 0.0758. The topological polar surface area (TPSA) is 69.7 Å². The van der Waals surface area contributed by atoms with Gasteiger partial charge in [0.2, 0.25) is 10.0 Å². The molecule has 3 fully saturated rings. The molecule has 3 aliphatic rings. The van der Waals surface area contributed by atoms with Crippen molar-refractivity contribution < 1.29 is 13.2 Å². The highest BCUT2D eigenvalue weighted by Crippen LogP contribution is 2.28. The first-order valence-corrected chi connectivity index (χ1v) is 11.6. The maximum atomic E-state index is 13.0. The van der Waals surface area contributed by atoms with Crippen molar-refractivity contribution in [3.8, 4) is 0 Å². The van der Waals surface area contributed by atoms with Crippen molar-refractivity contribution in [3.05, 3.63) is 29.8 Å². The number of benzene rings is 1. The maximum absolute atomic E-state index is 13.0. The number of carbonyl (C=O) groups excluding carboxylic acids is 1. The van der Waals surface area contributed by atoms with Crippen molar-refractivity contribution in [2.45, 2.75) is 37.0 Å². The zero-order chi connectivity index (χ0) is 18.9. The summed E-state index contributed by atoms with van der Waals surface area (Å²) in [5.74, 6) is 1.28. The van der Waals surface area contributed by atoms with Gasteiger partial charge in [0.1, 0.15) is 0 Å². The molecule has 0 saturated carbocycles. The first-order valence-electron chi connectivity index (χ1n) is 10.2. The Labute approximate surface area is 174 Å². The van der Waals surface area contributed by atoms with Gasteiger partial charge in [0.25, 0.3) is 5.91 Å². The van der Waals surface area contributed by atoms with Crippen LogP contribution in [0, 0.1) is 11.8 Å². The minimum Gasteiger partial charge on any atom is -0.339 e. The lowest BCUT2D eigenvalue weighted by atomic mass is 9.92. The summed E-state index contributed by atoms with van der Waals surface area (Å²) in [7, 11) is -3.51. The van der Waals surface area contributed by atoms with E-state index in [1.54, 1.807) is 28.6 Å². The van der Waals surface area contributed by atoms with Crippen LogP contribution in [0.3, 0.4) is 0 Å². The average molecular weight is 428 g/mol. The Kier molecular flexibility index (Phi) is 7.02. The summed E-state index contributed by atoms with van der Waals surface area (Å²) >= 11 is 0. The fourth-order valence-electron chi connectivity index (χ4n) is 4.65. The molecule has 0 bridgehead atoms. The van der Waals surface area contributed by atoms with E-state index >= 15 is 0 Å². The Morgan fingerprint density at radius 1 is 0.964 bits per heavy atom. The first-order chi connectivity index (χ1) is 13.1. The summed E-state index contributed by atoms with van der Waals surface area (Å²) in [6.07, 6.45) is 4.94. The molecular formula is C20H30ClN3O3S. The SMILES string of the molecule is Cl.O=C(c1cccc(S(=O)(=O)N2CCCCC2)c1)N1CC[C@@H]2CNC[C@@H]2CC1. The van der Waals surface area contributed by atoms with E-state index in [0.717, 1.165) is 58.3 Å². The third-order valence-electron chi connectivity index (χ3n) is 6.34. The van der Waals surface area contributed by atoms with Crippen LogP contribution in [0.25, 0.3) is 0 Å². The lowest BCUT2D eigenvalue weighted by Crippen LogP contribution is -2.36. The number of hydrogen-bond acceptors (Lipinski definition) is 4. The zero-order valence-electron chi connectivity index (χ0n) is 16.2. The minimum absolute atomic E-state index is 0. The number of amides is 1. The van der Waals surface area contributed by atoms with Crippen LogP contribution in [-0.4, -0.2) is 62.8 Å². The third-order valence-corrected chi connectivity index (χ3v) is 8.23. The Morgan fingerprint density at radius 2 is 1.61 bits per heavy atom. The number of halogens is 1. The molecule has 2 atom stereocenters. The molecule has 0 aromatic heterocycles. The van der Waals surface area contributed by atoms with Gasteiger partial charge in [-0.3, -0.25) is 4.79 Å². The number of rotatable bonds is 3. The maximum Gasteiger partial charge on any atom is 0.253 e. The summed E-state index contributed by atoms with van der Waals surface area (Å²) in [5, 5.41) is 3.45. The van der Waals surface area contributed by atoms with Gasteiger partial charge in [-0.05, 0) is 68.8 Å². The fourth-order valence-corrected chi connectivity index (χ4v) is 6.21. The van der Waals surface area contributed by atoms with E-state index in [2.05, 4.69) is 5.32 Å². The molecule has 8 heteroatoms. The van der Waals surface area contributed by atoms with Gasteiger partial charge in [-0.25, -0.2) is 8.42 Å². The molecule has 1 aromatic rings. The second-order valence-corrected chi connectivity index (χ2v) is 9.98. The summed E-state index contributed by atoms with van der Waals surface area (Å²) < 4.78 is 27.4. The van der Waals surface area contributed by atoms with Crippen LogP contribution in [0.15, 0.2) is 29.2 Å². The van der Waals surface area contributed by atoms with Gasteiger partial charge in [-0.15, -0.1) is 12.4 Å².